The second-order valence-corrected chi connectivity index (χ2v) is 14.3. The number of hydrogen-bond acceptors (Lipinski definition) is 8. The zero-order chi connectivity index (χ0) is 32.6. The Morgan fingerprint density at radius 3 is 2.78 bits per heavy atom. The van der Waals surface area contributed by atoms with Crippen molar-refractivity contribution in [2.24, 2.45) is 28.6 Å². The van der Waals surface area contributed by atoms with Gasteiger partial charge in [-0.25, -0.2) is 4.39 Å². The van der Waals surface area contributed by atoms with Gasteiger partial charge in [-0.1, -0.05) is 43.7 Å². The van der Waals surface area contributed by atoms with Gasteiger partial charge in [-0.2, -0.15) is 0 Å². The second-order valence-electron chi connectivity index (χ2n) is 14.3. The number of nitrogens with two attached hydrogens (primary N) is 1. The number of anilines is 1. The number of hydrogen-bond donors (Lipinski definition) is 3. The number of fused-ring (bicyclic) bond motifs is 7. The summed E-state index contributed by atoms with van der Waals surface area (Å²) in [5.41, 5.74) is 6.36. The van der Waals surface area contributed by atoms with Crippen molar-refractivity contribution in [3.05, 3.63) is 82.7 Å². The molecule has 1 aliphatic heterocycles. The van der Waals surface area contributed by atoms with E-state index in [0.29, 0.717) is 24.1 Å². The highest BCUT2D eigenvalue weighted by atomic mass is 19.1. The molecule has 1 heterocycles. The first kappa shape index (κ1) is 31.2. The number of aryl methyl sites for hydroxylation is 1. The van der Waals surface area contributed by atoms with Crippen LogP contribution in [0.5, 0.6) is 5.75 Å². The summed E-state index contributed by atoms with van der Waals surface area (Å²) in [5, 5.41) is 22.1. The normalized spacial score (nSPS) is 37.6. The number of nitrogen functional groups attached to an aromatic ring is 1. The molecular weight excluding hydrogens is 589 g/mol. The first-order chi connectivity index (χ1) is 21.9. The van der Waals surface area contributed by atoms with Crippen LogP contribution in [0.2, 0.25) is 0 Å². The zero-order valence-electron chi connectivity index (χ0n) is 26.5. The fourth-order valence-electron chi connectivity index (χ4n) is 9.91. The van der Waals surface area contributed by atoms with Crippen LogP contribution >= 0.6 is 0 Å². The Labute approximate surface area is 268 Å². The Balaban J connectivity index is 1.18. The summed E-state index contributed by atoms with van der Waals surface area (Å²) in [5.74, 6) is -1.29. The summed E-state index contributed by atoms with van der Waals surface area (Å²) in [6.07, 6.45) is 5.24. The molecule has 2 aromatic rings. The predicted molar refractivity (Wildman–Crippen MR) is 168 cm³/mol. The van der Waals surface area contributed by atoms with Gasteiger partial charge in [0.15, 0.2) is 35.0 Å². The number of aliphatic hydroxyl groups excluding tert-OH is 2. The molecular formula is C37H42FNO7. The molecule has 244 valence electrons. The molecule has 5 aliphatic rings. The number of benzene rings is 2. The number of halogens is 1. The number of aliphatic hydroxyl groups is 2. The van der Waals surface area contributed by atoms with Gasteiger partial charge in [0, 0.05) is 28.9 Å². The molecule has 9 atom stereocenters. The fraction of sp³-hybridized carbons (Fsp3) is 0.514. The van der Waals surface area contributed by atoms with Gasteiger partial charge in [0.05, 0.1) is 24.4 Å². The smallest absolute Gasteiger partial charge is 0.193 e. The van der Waals surface area contributed by atoms with Gasteiger partial charge in [0.2, 0.25) is 0 Å². The van der Waals surface area contributed by atoms with E-state index in [4.69, 9.17) is 19.9 Å². The van der Waals surface area contributed by atoms with Crippen molar-refractivity contribution in [1.29, 1.82) is 0 Å². The number of allylic oxidation sites excluding steroid dienone is 4. The molecule has 0 unspecified atom stereocenters. The minimum absolute atomic E-state index is 0.0311. The van der Waals surface area contributed by atoms with Crippen LogP contribution in [0.25, 0.3) is 0 Å². The highest BCUT2D eigenvalue weighted by molar-refractivity contribution is 6.01. The molecule has 8 nitrogen and oxygen atoms in total. The minimum atomic E-state index is -1.57. The summed E-state index contributed by atoms with van der Waals surface area (Å²) in [7, 11) is 0. The van der Waals surface area contributed by atoms with E-state index in [-0.39, 0.29) is 47.9 Å². The Morgan fingerprint density at radius 2 is 2.02 bits per heavy atom. The summed E-state index contributed by atoms with van der Waals surface area (Å²) in [4.78, 5) is 26.1. The summed E-state index contributed by atoms with van der Waals surface area (Å²) in [6.45, 7) is 5.27. The van der Waals surface area contributed by atoms with Gasteiger partial charge in [-0.15, -0.1) is 0 Å². The van der Waals surface area contributed by atoms with Crippen molar-refractivity contribution in [3.63, 3.8) is 0 Å². The van der Waals surface area contributed by atoms with Gasteiger partial charge in [0.25, 0.3) is 0 Å². The maximum atomic E-state index is 16.2. The van der Waals surface area contributed by atoms with Crippen molar-refractivity contribution in [2.75, 3.05) is 18.9 Å². The maximum absolute atomic E-state index is 16.2. The Kier molecular flexibility index (Phi) is 7.55. The lowest BCUT2D eigenvalue weighted by atomic mass is 9.46. The van der Waals surface area contributed by atoms with Crippen molar-refractivity contribution < 1.29 is 38.4 Å². The Bertz CT molecular complexity index is 1650. The SMILES string of the molecule is Cc1ccc(OCCc2cccc(N)c2)c(F)c1[C@@H]1O[C@@H]2C[C@H]3[C@@H]4CCC5=CC(=O)C=C[C@]5(C)[C@H]4[C@@H](O)C[C@]3(C)[C@]2(C(=O)CO)O1. The van der Waals surface area contributed by atoms with Crippen LogP contribution in [-0.4, -0.2) is 52.8 Å². The highest BCUT2D eigenvalue weighted by Crippen LogP contribution is 2.70. The summed E-state index contributed by atoms with van der Waals surface area (Å²) >= 11 is 0. The monoisotopic (exact) mass is 631 g/mol. The van der Waals surface area contributed by atoms with E-state index in [1.807, 2.05) is 31.2 Å². The van der Waals surface area contributed by atoms with Gasteiger partial charge < -0.3 is 30.2 Å². The number of ketones is 2. The first-order valence-electron chi connectivity index (χ1n) is 16.3. The molecule has 0 spiro atoms. The van der Waals surface area contributed by atoms with E-state index >= 15 is 4.39 Å². The van der Waals surface area contributed by atoms with E-state index < -0.39 is 53.1 Å². The van der Waals surface area contributed by atoms with Crippen LogP contribution in [0.1, 0.15) is 62.5 Å². The van der Waals surface area contributed by atoms with Crippen molar-refractivity contribution in [2.45, 2.75) is 77.0 Å². The highest BCUT2D eigenvalue weighted by Gasteiger charge is 2.76. The molecule has 3 saturated carbocycles. The molecule has 0 bridgehead atoms. The van der Waals surface area contributed by atoms with E-state index in [1.165, 1.54) is 0 Å². The molecule has 2 aromatic carbocycles. The van der Waals surface area contributed by atoms with Gasteiger partial charge in [-0.3, -0.25) is 9.59 Å². The van der Waals surface area contributed by atoms with Crippen LogP contribution in [-0.2, 0) is 25.5 Å². The van der Waals surface area contributed by atoms with Crippen LogP contribution in [0.15, 0.2) is 60.2 Å². The number of rotatable bonds is 7. The largest absolute Gasteiger partial charge is 0.490 e. The zero-order valence-corrected chi connectivity index (χ0v) is 26.5. The van der Waals surface area contributed by atoms with Crippen LogP contribution < -0.4 is 10.5 Å². The number of ether oxygens (including phenoxy) is 3. The fourth-order valence-corrected chi connectivity index (χ4v) is 9.91. The number of carbonyl (C=O) groups is 2. The average molecular weight is 632 g/mol. The first-order valence-corrected chi connectivity index (χ1v) is 16.3. The van der Waals surface area contributed by atoms with Gasteiger partial charge in [0.1, 0.15) is 6.61 Å². The second kappa shape index (κ2) is 11.1. The van der Waals surface area contributed by atoms with E-state index in [9.17, 15) is 19.8 Å². The molecule has 4 N–H and O–H groups in total. The third-order valence-electron chi connectivity index (χ3n) is 12.0. The van der Waals surface area contributed by atoms with Crippen LogP contribution in [0.3, 0.4) is 0 Å². The van der Waals surface area contributed by atoms with E-state index in [0.717, 1.165) is 24.0 Å². The lowest BCUT2D eigenvalue weighted by Crippen LogP contribution is -2.63. The van der Waals surface area contributed by atoms with Crippen molar-refractivity contribution in [3.8, 4) is 5.75 Å². The van der Waals surface area contributed by atoms with E-state index in [1.54, 1.807) is 37.3 Å². The molecule has 4 fully saturated rings. The lowest BCUT2D eigenvalue weighted by Gasteiger charge is -2.59. The van der Waals surface area contributed by atoms with Crippen LogP contribution in [0, 0.1) is 41.3 Å². The Morgan fingerprint density at radius 1 is 1.22 bits per heavy atom. The number of Topliss-reactive ketones (excluding diaryl/α,β-unsaturated/α-hetero) is 1. The minimum Gasteiger partial charge on any atom is -0.490 e. The van der Waals surface area contributed by atoms with Crippen LogP contribution in [0.4, 0.5) is 10.1 Å². The quantitative estimate of drug-likeness (QED) is 0.367. The molecule has 9 heteroatoms. The topological polar surface area (TPSA) is 128 Å². The molecule has 1 saturated heterocycles. The summed E-state index contributed by atoms with van der Waals surface area (Å²) < 4.78 is 35.2. The third kappa shape index (κ3) is 4.46. The Hall–Kier alpha value is -3.37. The molecule has 4 aliphatic carbocycles. The molecule has 0 aromatic heterocycles. The third-order valence-corrected chi connectivity index (χ3v) is 12.0. The average Bonchev–Trinajstić information content (AvgIpc) is 3.50. The molecule has 46 heavy (non-hydrogen) atoms. The van der Waals surface area contributed by atoms with Gasteiger partial charge in [-0.05, 0) is 85.9 Å². The molecule has 7 rings (SSSR count). The maximum Gasteiger partial charge on any atom is 0.193 e. The van der Waals surface area contributed by atoms with E-state index in [2.05, 4.69) is 6.92 Å². The molecule has 0 amide bonds. The number of carbonyl (C=O) groups excluding carboxylic acids is 2. The van der Waals surface area contributed by atoms with Gasteiger partial charge >= 0.3 is 0 Å². The predicted octanol–water partition coefficient (Wildman–Crippen LogP) is 4.94. The lowest BCUT2D eigenvalue weighted by molar-refractivity contribution is -0.201. The standard InChI is InChI=1S/C37H42FNO7/c1-20-7-10-28(44-14-12-21-5-4-6-23(39)15-21)33(38)31(20)34-45-30-17-26-25-9-8-22-16-24(41)11-13-35(22,2)32(25)27(42)18-36(26,3)37(30,46-34)29(43)19-40/h4-7,10-11,13,15-16,25-27,30,32,34,40,42H,8-9,12,14,17-19,39H2,1-3H3/t25-,26-,27-,30+,32+,34+,35-,36-,37+/m0/s1. The van der Waals surface area contributed by atoms with Crippen molar-refractivity contribution >= 4 is 17.3 Å². The summed E-state index contributed by atoms with van der Waals surface area (Å²) in [6, 6.07) is 10.8. The molecule has 0 radical (unpaired) electrons. The van der Waals surface area contributed by atoms with Crippen molar-refractivity contribution in [1.82, 2.24) is 0 Å².